The number of hydrogen-bond acceptors (Lipinski definition) is 3. The van der Waals surface area contributed by atoms with Crippen LogP contribution >= 0.6 is 0 Å². The molecule has 4 nitrogen and oxygen atoms in total. The molecular formula is C14H18O4. The molecule has 0 fully saturated rings. The van der Waals surface area contributed by atoms with E-state index in [9.17, 15) is 4.79 Å². The van der Waals surface area contributed by atoms with Gasteiger partial charge in [0.05, 0.1) is 12.2 Å². The van der Waals surface area contributed by atoms with Gasteiger partial charge in [0.25, 0.3) is 0 Å². The fourth-order valence-electron chi connectivity index (χ4n) is 2.23. The van der Waals surface area contributed by atoms with E-state index in [1.807, 2.05) is 19.1 Å². The van der Waals surface area contributed by atoms with Gasteiger partial charge in [0, 0.05) is 20.0 Å². The van der Waals surface area contributed by atoms with Crippen LogP contribution in [0.1, 0.15) is 30.9 Å². The molecule has 1 heterocycles. The van der Waals surface area contributed by atoms with Crippen molar-refractivity contribution in [1.29, 1.82) is 0 Å². The number of ether oxygens (including phenoxy) is 2. The van der Waals surface area contributed by atoms with Crippen LogP contribution in [0, 0.1) is 0 Å². The summed E-state index contributed by atoms with van der Waals surface area (Å²) in [5.74, 6) is 0.123. The van der Waals surface area contributed by atoms with Crippen LogP contribution in [0.4, 0.5) is 0 Å². The lowest BCUT2D eigenvalue weighted by Crippen LogP contribution is -2.25. The molecule has 0 saturated carbocycles. The Morgan fingerprint density at radius 2 is 2.33 bits per heavy atom. The van der Waals surface area contributed by atoms with E-state index in [0.29, 0.717) is 6.42 Å². The first kappa shape index (κ1) is 12.9. The second-order valence-corrected chi connectivity index (χ2v) is 4.75. The summed E-state index contributed by atoms with van der Waals surface area (Å²) in [6.07, 6.45) is 1.46. The summed E-state index contributed by atoms with van der Waals surface area (Å²) >= 11 is 0. The number of carboxylic acid groups (broad SMARTS) is 1. The minimum absolute atomic E-state index is 0.0952. The van der Waals surface area contributed by atoms with Crippen LogP contribution < -0.4 is 4.74 Å². The lowest BCUT2D eigenvalue weighted by molar-refractivity contribution is -0.138. The number of carboxylic acids is 1. The van der Waals surface area contributed by atoms with Crippen molar-refractivity contribution in [1.82, 2.24) is 0 Å². The van der Waals surface area contributed by atoms with Crippen molar-refractivity contribution in [3.8, 4) is 5.75 Å². The third-order valence-corrected chi connectivity index (χ3v) is 3.57. The highest BCUT2D eigenvalue weighted by Gasteiger charge is 2.28. The van der Waals surface area contributed by atoms with Crippen molar-refractivity contribution in [3.05, 3.63) is 29.3 Å². The van der Waals surface area contributed by atoms with Crippen LogP contribution in [0.3, 0.4) is 0 Å². The molecule has 0 spiro atoms. The van der Waals surface area contributed by atoms with Crippen LogP contribution in [0.2, 0.25) is 0 Å². The van der Waals surface area contributed by atoms with Gasteiger partial charge in [-0.25, -0.2) is 0 Å². The Bertz CT molecular complexity index is 455. The molecule has 98 valence electrons. The first-order valence-corrected chi connectivity index (χ1v) is 6.08. The predicted octanol–water partition coefficient (Wildman–Crippen LogP) is 2.35. The molecule has 0 bridgehead atoms. The van der Waals surface area contributed by atoms with Crippen LogP contribution in [-0.2, 0) is 21.6 Å². The summed E-state index contributed by atoms with van der Waals surface area (Å²) < 4.78 is 11.0. The SMILES string of the molecule is COC(C)(CCC(=O)O)c1ccc2c(c1)CCO2. The number of benzene rings is 1. The highest BCUT2D eigenvalue weighted by atomic mass is 16.5. The molecule has 2 rings (SSSR count). The summed E-state index contributed by atoms with van der Waals surface area (Å²) in [7, 11) is 1.62. The second-order valence-electron chi connectivity index (χ2n) is 4.75. The largest absolute Gasteiger partial charge is 0.493 e. The van der Waals surface area contributed by atoms with Crippen LogP contribution in [0.15, 0.2) is 18.2 Å². The summed E-state index contributed by atoms with van der Waals surface area (Å²) in [5, 5.41) is 8.80. The van der Waals surface area contributed by atoms with Crippen LogP contribution in [0.5, 0.6) is 5.75 Å². The maximum Gasteiger partial charge on any atom is 0.303 e. The zero-order valence-electron chi connectivity index (χ0n) is 10.7. The normalized spacial score (nSPS) is 16.8. The minimum atomic E-state index is -0.803. The molecule has 1 unspecified atom stereocenters. The molecule has 0 saturated heterocycles. The number of carbonyl (C=O) groups is 1. The molecule has 1 aromatic rings. The fraction of sp³-hybridized carbons (Fsp3) is 0.500. The maximum absolute atomic E-state index is 10.7. The van der Waals surface area contributed by atoms with E-state index in [4.69, 9.17) is 14.6 Å². The van der Waals surface area contributed by atoms with E-state index < -0.39 is 11.6 Å². The van der Waals surface area contributed by atoms with Gasteiger partial charge in [-0.1, -0.05) is 6.07 Å². The third kappa shape index (κ3) is 2.48. The van der Waals surface area contributed by atoms with Crippen molar-refractivity contribution in [3.63, 3.8) is 0 Å². The zero-order valence-corrected chi connectivity index (χ0v) is 10.7. The first-order valence-electron chi connectivity index (χ1n) is 6.08. The number of fused-ring (bicyclic) bond motifs is 1. The van der Waals surface area contributed by atoms with E-state index in [0.717, 1.165) is 24.3 Å². The zero-order chi connectivity index (χ0) is 13.2. The predicted molar refractivity (Wildman–Crippen MR) is 66.9 cm³/mol. The monoisotopic (exact) mass is 250 g/mol. The highest BCUT2D eigenvalue weighted by Crippen LogP contribution is 2.34. The smallest absolute Gasteiger partial charge is 0.303 e. The molecule has 4 heteroatoms. The number of aliphatic carboxylic acids is 1. The van der Waals surface area contributed by atoms with Crippen molar-refractivity contribution < 1.29 is 19.4 Å². The molecule has 0 radical (unpaired) electrons. The molecular weight excluding hydrogens is 232 g/mol. The molecule has 1 aliphatic heterocycles. The third-order valence-electron chi connectivity index (χ3n) is 3.57. The van der Waals surface area contributed by atoms with Gasteiger partial charge in [-0.3, -0.25) is 4.79 Å². The second kappa shape index (κ2) is 4.98. The number of hydrogen-bond donors (Lipinski definition) is 1. The lowest BCUT2D eigenvalue weighted by atomic mass is 9.89. The van der Waals surface area contributed by atoms with Gasteiger partial charge >= 0.3 is 5.97 Å². The maximum atomic E-state index is 10.7. The van der Waals surface area contributed by atoms with E-state index in [2.05, 4.69) is 6.07 Å². The minimum Gasteiger partial charge on any atom is -0.493 e. The summed E-state index contributed by atoms with van der Waals surface area (Å²) in [6, 6.07) is 5.96. The average molecular weight is 250 g/mol. The molecule has 0 aromatic heterocycles. The Morgan fingerprint density at radius 3 is 3.00 bits per heavy atom. The Morgan fingerprint density at radius 1 is 1.56 bits per heavy atom. The Kier molecular flexibility index (Phi) is 3.57. The van der Waals surface area contributed by atoms with Gasteiger partial charge < -0.3 is 14.6 Å². The standard InChI is InChI=1S/C14H18O4/c1-14(17-2,7-5-13(15)16)11-3-4-12-10(9-11)6-8-18-12/h3-4,9H,5-8H2,1-2H3,(H,15,16). The Balaban J connectivity index is 2.23. The quantitative estimate of drug-likeness (QED) is 0.871. The molecule has 18 heavy (non-hydrogen) atoms. The number of rotatable bonds is 5. The van der Waals surface area contributed by atoms with Crippen molar-refractivity contribution >= 4 is 5.97 Å². The van der Waals surface area contributed by atoms with Crippen molar-refractivity contribution in [2.45, 2.75) is 31.8 Å². The summed E-state index contributed by atoms with van der Waals surface area (Å²) in [5.41, 5.74) is 1.62. The van der Waals surface area contributed by atoms with Crippen molar-refractivity contribution in [2.24, 2.45) is 0 Å². The van der Waals surface area contributed by atoms with Crippen LogP contribution in [-0.4, -0.2) is 24.8 Å². The summed E-state index contributed by atoms with van der Waals surface area (Å²) in [4.78, 5) is 10.7. The van der Waals surface area contributed by atoms with Crippen molar-refractivity contribution in [2.75, 3.05) is 13.7 Å². The Labute approximate surface area is 107 Å². The van der Waals surface area contributed by atoms with Crippen LogP contribution in [0.25, 0.3) is 0 Å². The topological polar surface area (TPSA) is 55.8 Å². The van der Waals surface area contributed by atoms with Gasteiger partial charge in [-0.15, -0.1) is 0 Å². The molecule has 0 aliphatic carbocycles. The van der Waals surface area contributed by atoms with E-state index in [-0.39, 0.29) is 6.42 Å². The number of methoxy groups -OCH3 is 1. The molecule has 1 aromatic carbocycles. The molecule has 1 N–H and O–H groups in total. The molecule has 1 atom stereocenters. The highest BCUT2D eigenvalue weighted by molar-refractivity contribution is 5.66. The van der Waals surface area contributed by atoms with E-state index >= 15 is 0 Å². The Hall–Kier alpha value is -1.55. The van der Waals surface area contributed by atoms with Gasteiger partial charge in [0.2, 0.25) is 0 Å². The van der Waals surface area contributed by atoms with E-state index in [1.165, 1.54) is 5.56 Å². The van der Waals surface area contributed by atoms with Gasteiger partial charge in [-0.2, -0.15) is 0 Å². The fourth-order valence-corrected chi connectivity index (χ4v) is 2.23. The summed E-state index contributed by atoms with van der Waals surface area (Å²) in [6.45, 7) is 2.64. The lowest BCUT2D eigenvalue weighted by Gasteiger charge is -2.28. The first-order chi connectivity index (χ1) is 8.55. The molecule has 1 aliphatic rings. The average Bonchev–Trinajstić information content (AvgIpc) is 2.83. The van der Waals surface area contributed by atoms with Gasteiger partial charge in [0.1, 0.15) is 5.75 Å². The van der Waals surface area contributed by atoms with Gasteiger partial charge in [0.15, 0.2) is 0 Å². The van der Waals surface area contributed by atoms with E-state index in [1.54, 1.807) is 7.11 Å². The molecule has 0 amide bonds. The van der Waals surface area contributed by atoms with Gasteiger partial charge in [-0.05, 0) is 36.6 Å².